The van der Waals surface area contributed by atoms with Crippen molar-refractivity contribution < 1.29 is 24.5 Å². The molecule has 0 bridgehead atoms. The predicted octanol–water partition coefficient (Wildman–Crippen LogP) is 1.26. The molecule has 0 aromatic heterocycles. The molecule has 144 valence electrons. The smallest absolute Gasteiger partial charge is 0.328 e. The highest BCUT2D eigenvalue weighted by atomic mass is 16.5. The van der Waals surface area contributed by atoms with Crippen molar-refractivity contribution in [3.63, 3.8) is 0 Å². The average Bonchev–Trinajstić information content (AvgIpc) is 2.63. The molecular formula is C20H24N2O5. The number of phenols is 2. The van der Waals surface area contributed by atoms with Crippen LogP contribution in [-0.2, 0) is 27.2 Å². The molecule has 5 N–H and O–H groups in total. The normalized spacial score (nSPS) is 14.0. The first-order chi connectivity index (χ1) is 12.7. The average molecular weight is 372 g/mol. The predicted molar refractivity (Wildman–Crippen MR) is 100 cm³/mol. The molecule has 0 saturated heterocycles. The van der Waals surface area contributed by atoms with Gasteiger partial charge in [-0.15, -0.1) is 0 Å². The van der Waals surface area contributed by atoms with Crippen molar-refractivity contribution in [3.05, 3.63) is 59.7 Å². The van der Waals surface area contributed by atoms with Crippen LogP contribution in [0.25, 0.3) is 0 Å². The highest BCUT2D eigenvalue weighted by Crippen LogP contribution is 2.25. The van der Waals surface area contributed by atoms with E-state index >= 15 is 0 Å². The topological polar surface area (TPSA) is 122 Å². The van der Waals surface area contributed by atoms with E-state index < -0.39 is 23.5 Å². The van der Waals surface area contributed by atoms with E-state index in [1.54, 1.807) is 13.0 Å². The van der Waals surface area contributed by atoms with Crippen LogP contribution in [0.1, 0.15) is 18.1 Å². The summed E-state index contributed by atoms with van der Waals surface area (Å²) < 4.78 is 4.76. The molecule has 0 radical (unpaired) electrons. The minimum absolute atomic E-state index is 0.0771. The number of hydrogen-bond acceptors (Lipinski definition) is 6. The van der Waals surface area contributed by atoms with E-state index in [0.717, 1.165) is 5.56 Å². The second kappa shape index (κ2) is 8.55. The molecular weight excluding hydrogens is 348 g/mol. The molecule has 7 heteroatoms. The van der Waals surface area contributed by atoms with Crippen molar-refractivity contribution in [2.45, 2.75) is 31.3 Å². The number of aromatic hydroxyl groups is 2. The van der Waals surface area contributed by atoms with Crippen molar-refractivity contribution >= 4 is 11.9 Å². The zero-order chi connectivity index (χ0) is 20.0. The first-order valence-electron chi connectivity index (χ1n) is 8.45. The van der Waals surface area contributed by atoms with Gasteiger partial charge in [0, 0.05) is 6.42 Å². The monoisotopic (exact) mass is 372 g/mol. The Balaban J connectivity index is 2.13. The highest BCUT2D eigenvalue weighted by molar-refractivity contribution is 5.90. The summed E-state index contributed by atoms with van der Waals surface area (Å²) in [4.78, 5) is 24.8. The van der Waals surface area contributed by atoms with Gasteiger partial charge in [0.25, 0.3) is 0 Å². The van der Waals surface area contributed by atoms with Crippen molar-refractivity contribution in [2.24, 2.45) is 5.73 Å². The first-order valence-corrected chi connectivity index (χ1v) is 8.45. The molecule has 0 heterocycles. The van der Waals surface area contributed by atoms with Crippen LogP contribution in [0.3, 0.4) is 0 Å². The Hall–Kier alpha value is -3.06. The number of esters is 1. The molecule has 0 aliphatic carbocycles. The summed E-state index contributed by atoms with van der Waals surface area (Å²) in [5, 5.41) is 21.6. The molecule has 2 rings (SSSR count). The van der Waals surface area contributed by atoms with Crippen LogP contribution < -0.4 is 11.1 Å². The number of carbonyl (C=O) groups excluding carboxylic acids is 2. The third-order valence-corrected chi connectivity index (χ3v) is 4.20. The molecule has 0 spiro atoms. The van der Waals surface area contributed by atoms with Gasteiger partial charge >= 0.3 is 5.97 Å². The molecule has 2 aromatic rings. The zero-order valence-corrected chi connectivity index (χ0v) is 15.3. The number of hydrogen-bond donors (Lipinski definition) is 4. The lowest BCUT2D eigenvalue weighted by Crippen LogP contribution is -2.57. The minimum Gasteiger partial charge on any atom is -0.504 e. The second-order valence-corrected chi connectivity index (χ2v) is 6.66. The quantitative estimate of drug-likeness (QED) is 0.429. The third kappa shape index (κ3) is 5.46. The van der Waals surface area contributed by atoms with E-state index in [9.17, 15) is 19.8 Å². The van der Waals surface area contributed by atoms with E-state index in [4.69, 9.17) is 10.5 Å². The molecule has 0 fully saturated rings. The van der Waals surface area contributed by atoms with Crippen LogP contribution in [0.5, 0.6) is 11.5 Å². The highest BCUT2D eigenvalue weighted by Gasteiger charge is 2.32. The van der Waals surface area contributed by atoms with Gasteiger partial charge in [0.2, 0.25) is 5.91 Å². The molecule has 0 unspecified atom stereocenters. The van der Waals surface area contributed by atoms with Gasteiger partial charge in [0.1, 0.15) is 6.04 Å². The van der Waals surface area contributed by atoms with Crippen LogP contribution in [0, 0.1) is 0 Å². The molecule has 0 aliphatic heterocycles. The number of phenolic OH excluding ortho intramolecular Hbond substituents is 2. The lowest BCUT2D eigenvalue weighted by molar-refractivity contribution is -0.145. The summed E-state index contributed by atoms with van der Waals surface area (Å²) in [5.41, 5.74) is 6.39. The van der Waals surface area contributed by atoms with Crippen LogP contribution in [0.2, 0.25) is 0 Å². The fraction of sp³-hybridized carbons (Fsp3) is 0.300. The zero-order valence-electron chi connectivity index (χ0n) is 15.3. The summed E-state index contributed by atoms with van der Waals surface area (Å²) >= 11 is 0. The van der Waals surface area contributed by atoms with Crippen molar-refractivity contribution in [1.29, 1.82) is 0 Å². The second-order valence-electron chi connectivity index (χ2n) is 6.66. The molecule has 0 saturated carbocycles. The lowest BCUT2D eigenvalue weighted by Gasteiger charge is -2.26. The number of nitrogens with two attached hydrogens (primary N) is 1. The Labute approximate surface area is 157 Å². The van der Waals surface area contributed by atoms with Gasteiger partial charge in [-0.2, -0.15) is 0 Å². The Bertz CT molecular complexity index is 805. The Morgan fingerprint density at radius 2 is 1.78 bits per heavy atom. The van der Waals surface area contributed by atoms with Crippen LogP contribution in [0.15, 0.2) is 48.5 Å². The number of benzene rings is 2. The maximum Gasteiger partial charge on any atom is 0.328 e. The van der Waals surface area contributed by atoms with Gasteiger partial charge in [-0.3, -0.25) is 4.79 Å². The fourth-order valence-corrected chi connectivity index (χ4v) is 2.69. The number of rotatable bonds is 7. The maximum atomic E-state index is 12.7. The number of nitrogens with one attached hydrogen (secondary N) is 1. The summed E-state index contributed by atoms with van der Waals surface area (Å²) in [6.07, 6.45) is 0.376. The Morgan fingerprint density at radius 1 is 1.11 bits per heavy atom. The van der Waals surface area contributed by atoms with Gasteiger partial charge < -0.3 is 26.0 Å². The van der Waals surface area contributed by atoms with Crippen molar-refractivity contribution in [3.8, 4) is 11.5 Å². The Morgan fingerprint density at radius 3 is 2.37 bits per heavy atom. The first kappa shape index (κ1) is 20.3. The third-order valence-electron chi connectivity index (χ3n) is 4.20. The van der Waals surface area contributed by atoms with E-state index in [2.05, 4.69) is 5.32 Å². The van der Waals surface area contributed by atoms with E-state index in [1.165, 1.54) is 19.2 Å². The largest absolute Gasteiger partial charge is 0.504 e. The maximum absolute atomic E-state index is 12.7. The number of methoxy groups -OCH3 is 1. The molecule has 7 nitrogen and oxygen atoms in total. The van der Waals surface area contributed by atoms with Crippen molar-refractivity contribution in [1.82, 2.24) is 5.32 Å². The fourth-order valence-electron chi connectivity index (χ4n) is 2.69. The SMILES string of the molecule is COC(=O)[C@H](Cc1ccc(O)c(O)c1)NC(=O)[C@@](C)(N)Cc1ccccc1. The standard InChI is InChI=1S/C20H24N2O5/c1-20(21,12-13-6-4-3-5-7-13)19(26)22-15(18(25)27-2)10-14-8-9-16(23)17(24)11-14/h3-9,11,15,23-24H,10,12,21H2,1-2H3,(H,22,26)/t15-,20-/m0/s1. The van der Waals surface area contributed by atoms with E-state index in [0.29, 0.717) is 12.0 Å². The van der Waals surface area contributed by atoms with Crippen LogP contribution in [-0.4, -0.2) is 40.8 Å². The van der Waals surface area contributed by atoms with Crippen LogP contribution in [0.4, 0.5) is 0 Å². The molecule has 0 aliphatic rings. The van der Waals surface area contributed by atoms with Gasteiger partial charge in [0.05, 0.1) is 12.6 Å². The van der Waals surface area contributed by atoms with Crippen LogP contribution >= 0.6 is 0 Å². The summed E-state index contributed by atoms with van der Waals surface area (Å²) in [5.74, 6) is -1.71. The lowest BCUT2D eigenvalue weighted by atomic mass is 9.92. The van der Waals surface area contributed by atoms with Gasteiger partial charge in [-0.1, -0.05) is 36.4 Å². The minimum atomic E-state index is -1.23. The van der Waals surface area contributed by atoms with E-state index in [1.807, 2.05) is 30.3 Å². The molecule has 27 heavy (non-hydrogen) atoms. The number of ether oxygens (including phenoxy) is 1. The van der Waals surface area contributed by atoms with E-state index in [-0.39, 0.29) is 17.9 Å². The Kier molecular flexibility index (Phi) is 6.41. The summed E-state index contributed by atoms with van der Waals surface area (Å²) in [6, 6.07) is 12.5. The molecule has 2 aromatic carbocycles. The molecule has 1 amide bonds. The number of amides is 1. The summed E-state index contributed by atoms with van der Waals surface area (Å²) in [7, 11) is 1.22. The molecule has 2 atom stereocenters. The summed E-state index contributed by atoms with van der Waals surface area (Å²) in [6.45, 7) is 1.59. The van der Waals surface area contributed by atoms with Crippen molar-refractivity contribution in [2.75, 3.05) is 7.11 Å². The van der Waals surface area contributed by atoms with Gasteiger partial charge in [-0.25, -0.2) is 4.79 Å². The van der Waals surface area contributed by atoms with Gasteiger partial charge in [0.15, 0.2) is 11.5 Å². The van der Waals surface area contributed by atoms with Gasteiger partial charge in [-0.05, 0) is 36.6 Å². The number of carbonyl (C=O) groups is 2.